The Labute approximate surface area is 125 Å². The minimum Gasteiger partial charge on any atom is -0.384 e. The lowest BCUT2D eigenvalue weighted by molar-refractivity contribution is 1.03. The Balaban J connectivity index is 2.44. The molecule has 19 heavy (non-hydrogen) atoms. The second-order valence-electron chi connectivity index (χ2n) is 4.23. The van der Waals surface area contributed by atoms with Crippen molar-refractivity contribution in [2.75, 3.05) is 0 Å². The largest absolute Gasteiger partial charge is 0.384 e. The first-order valence-electron chi connectivity index (χ1n) is 5.73. The molecule has 0 aliphatic rings. The minimum atomic E-state index is 0.0598. The first kappa shape index (κ1) is 14.1. The number of hydrogen-bond donors (Lipinski definition) is 2. The van der Waals surface area contributed by atoms with Gasteiger partial charge >= 0.3 is 0 Å². The van der Waals surface area contributed by atoms with Crippen LogP contribution in [0.4, 0.5) is 0 Å². The Hall–Kier alpha value is -1.33. The van der Waals surface area contributed by atoms with Gasteiger partial charge in [0.05, 0.1) is 5.56 Å². The Bertz CT molecular complexity index is 623. The van der Waals surface area contributed by atoms with E-state index in [1.807, 2.05) is 44.2 Å². The summed E-state index contributed by atoms with van der Waals surface area (Å²) in [6.07, 6.45) is 0. The molecule has 2 aromatic rings. The van der Waals surface area contributed by atoms with Crippen molar-refractivity contribution in [1.29, 1.82) is 5.41 Å². The molecule has 0 saturated heterocycles. The second kappa shape index (κ2) is 5.75. The van der Waals surface area contributed by atoms with Crippen LogP contribution < -0.4 is 5.73 Å². The number of nitrogens with two attached hydrogens (primary N) is 1. The number of amidine groups is 1. The maximum atomic E-state index is 7.70. The normalized spacial score (nSPS) is 10.5. The van der Waals surface area contributed by atoms with Gasteiger partial charge in [-0.2, -0.15) is 0 Å². The van der Waals surface area contributed by atoms with Gasteiger partial charge in [0.2, 0.25) is 0 Å². The van der Waals surface area contributed by atoms with Gasteiger partial charge in [0.15, 0.2) is 0 Å². The van der Waals surface area contributed by atoms with Gasteiger partial charge in [-0.25, -0.2) is 4.98 Å². The number of nitrogens with zero attached hydrogens (tertiary/aromatic N) is 1. The van der Waals surface area contributed by atoms with Gasteiger partial charge in [0, 0.05) is 15.1 Å². The molecular formula is C14H14BrN3S. The van der Waals surface area contributed by atoms with Gasteiger partial charge in [0.25, 0.3) is 0 Å². The molecule has 0 fully saturated rings. The predicted octanol–water partition coefficient (Wildman–Crippen LogP) is 3.90. The van der Waals surface area contributed by atoms with Crippen molar-refractivity contribution in [3.05, 3.63) is 51.6 Å². The molecule has 0 aliphatic heterocycles. The number of nitrogens with one attached hydrogen (secondary N) is 1. The summed E-state index contributed by atoms with van der Waals surface area (Å²) in [7, 11) is 0. The summed E-state index contributed by atoms with van der Waals surface area (Å²) < 4.78 is 1.04. The highest BCUT2D eigenvalue weighted by atomic mass is 79.9. The number of halogens is 1. The Morgan fingerprint density at radius 1 is 1.26 bits per heavy atom. The van der Waals surface area contributed by atoms with Crippen molar-refractivity contribution < 1.29 is 0 Å². The molecule has 3 nitrogen and oxygen atoms in total. The molecule has 1 aromatic heterocycles. The molecule has 98 valence electrons. The Kier molecular flexibility index (Phi) is 4.27. The maximum Gasteiger partial charge on any atom is 0.125 e. The molecule has 0 spiro atoms. The fraction of sp³-hybridized carbons (Fsp3) is 0.143. The zero-order valence-electron chi connectivity index (χ0n) is 10.7. The van der Waals surface area contributed by atoms with Crippen molar-refractivity contribution in [1.82, 2.24) is 4.98 Å². The summed E-state index contributed by atoms with van der Waals surface area (Å²) in [6, 6.07) is 9.94. The summed E-state index contributed by atoms with van der Waals surface area (Å²) in [6.45, 7) is 3.90. The molecule has 1 aromatic carbocycles. The molecular weight excluding hydrogens is 322 g/mol. The van der Waals surface area contributed by atoms with Gasteiger partial charge in [-0.05, 0) is 49.7 Å². The number of aryl methyl sites for hydroxylation is 2. The summed E-state index contributed by atoms with van der Waals surface area (Å²) in [5, 5.41) is 8.49. The highest BCUT2D eigenvalue weighted by Crippen LogP contribution is 2.31. The Morgan fingerprint density at radius 3 is 2.47 bits per heavy atom. The van der Waals surface area contributed by atoms with E-state index in [0.29, 0.717) is 0 Å². The molecule has 0 unspecified atom stereocenters. The van der Waals surface area contributed by atoms with E-state index < -0.39 is 0 Å². The number of benzene rings is 1. The number of aromatic nitrogens is 1. The third-order valence-corrected chi connectivity index (χ3v) is 4.13. The van der Waals surface area contributed by atoms with Crippen LogP contribution in [0.15, 0.2) is 44.7 Å². The van der Waals surface area contributed by atoms with Crippen molar-refractivity contribution >= 4 is 33.5 Å². The molecule has 2 rings (SSSR count). The fourth-order valence-corrected chi connectivity index (χ4v) is 3.14. The number of rotatable bonds is 3. The van der Waals surface area contributed by atoms with E-state index in [4.69, 9.17) is 11.1 Å². The van der Waals surface area contributed by atoms with Gasteiger partial charge in [-0.3, -0.25) is 5.41 Å². The van der Waals surface area contributed by atoms with E-state index in [1.165, 1.54) is 11.8 Å². The standard InChI is InChI=1S/C14H14BrN3S/c1-8-7-9(2)18-14(12(8)13(16)17)19-11-5-3-10(15)4-6-11/h3-7H,1-2H3,(H3,16,17). The molecule has 5 heteroatoms. The lowest BCUT2D eigenvalue weighted by Crippen LogP contribution is -2.15. The number of nitrogen functional groups attached to an aromatic ring is 1. The van der Waals surface area contributed by atoms with Crippen LogP contribution in [0, 0.1) is 19.3 Å². The average Bonchev–Trinajstić information content (AvgIpc) is 2.30. The van der Waals surface area contributed by atoms with Crippen LogP contribution >= 0.6 is 27.7 Å². The molecule has 0 atom stereocenters. The van der Waals surface area contributed by atoms with Crippen LogP contribution in [0.2, 0.25) is 0 Å². The smallest absolute Gasteiger partial charge is 0.125 e. The average molecular weight is 336 g/mol. The van der Waals surface area contributed by atoms with Gasteiger partial charge in [-0.1, -0.05) is 27.7 Å². The van der Waals surface area contributed by atoms with Crippen LogP contribution in [-0.2, 0) is 0 Å². The highest BCUT2D eigenvalue weighted by molar-refractivity contribution is 9.10. The first-order chi connectivity index (χ1) is 8.97. The number of pyridine rings is 1. The summed E-state index contributed by atoms with van der Waals surface area (Å²) in [5.74, 6) is 0.0598. The molecule has 1 heterocycles. The van der Waals surface area contributed by atoms with Crippen LogP contribution in [-0.4, -0.2) is 10.8 Å². The van der Waals surface area contributed by atoms with E-state index in [2.05, 4.69) is 20.9 Å². The zero-order chi connectivity index (χ0) is 14.0. The van der Waals surface area contributed by atoms with Crippen molar-refractivity contribution in [3.63, 3.8) is 0 Å². The van der Waals surface area contributed by atoms with E-state index in [0.717, 1.165) is 31.2 Å². The van der Waals surface area contributed by atoms with E-state index >= 15 is 0 Å². The van der Waals surface area contributed by atoms with Crippen molar-refractivity contribution in [2.45, 2.75) is 23.8 Å². The minimum absolute atomic E-state index is 0.0598. The fourth-order valence-electron chi connectivity index (χ4n) is 1.82. The molecule has 0 amide bonds. The molecule has 0 bridgehead atoms. The van der Waals surface area contributed by atoms with Crippen LogP contribution in [0.1, 0.15) is 16.8 Å². The molecule has 0 aliphatic carbocycles. The Morgan fingerprint density at radius 2 is 1.89 bits per heavy atom. The lowest BCUT2D eigenvalue weighted by Gasteiger charge is -2.11. The van der Waals surface area contributed by atoms with Crippen LogP contribution in [0.3, 0.4) is 0 Å². The summed E-state index contributed by atoms with van der Waals surface area (Å²) in [5.41, 5.74) is 8.30. The lowest BCUT2D eigenvalue weighted by atomic mass is 10.1. The third-order valence-electron chi connectivity index (χ3n) is 2.61. The zero-order valence-corrected chi connectivity index (χ0v) is 13.1. The summed E-state index contributed by atoms with van der Waals surface area (Å²) in [4.78, 5) is 5.58. The van der Waals surface area contributed by atoms with E-state index in [9.17, 15) is 0 Å². The maximum absolute atomic E-state index is 7.70. The topological polar surface area (TPSA) is 62.8 Å². The van der Waals surface area contributed by atoms with Gasteiger partial charge < -0.3 is 5.73 Å². The van der Waals surface area contributed by atoms with Gasteiger partial charge in [0.1, 0.15) is 10.9 Å². The first-order valence-corrected chi connectivity index (χ1v) is 7.34. The van der Waals surface area contributed by atoms with E-state index in [-0.39, 0.29) is 5.84 Å². The SMILES string of the molecule is Cc1cc(C)c(C(=N)N)c(Sc2ccc(Br)cc2)n1. The van der Waals surface area contributed by atoms with Crippen molar-refractivity contribution in [3.8, 4) is 0 Å². The molecule has 3 N–H and O–H groups in total. The quantitative estimate of drug-likeness (QED) is 0.660. The van der Waals surface area contributed by atoms with Crippen LogP contribution in [0.25, 0.3) is 0 Å². The molecule has 0 saturated carbocycles. The summed E-state index contributed by atoms with van der Waals surface area (Å²) >= 11 is 4.94. The van der Waals surface area contributed by atoms with E-state index in [1.54, 1.807) is 0 Å². The van der Waals surface area contributed by atoms with Crippen LogP contribution in [0.5, 0.6) is 0 Å². The second-order valence-corrected chi connectivity index (χ2v) is 6.21. The number of hydrogen-bond acceptors (Lipinski definition) is 3. The monoisotopic (exact) mass is 335 g/mol. The highest BCUT2D eigenvalue weighted by Gasteiger charge is 2.12. The molecule has 0 radical (unpaired) electrons. The predicted molar refractivity (Wildman–Crippen MR) is 83.0 cm³/mol. The third kappa shape index (κ3) is 3.36. The van der Waals surface area contributed by atoms with Crippen molar-refractivity contribution in [2.24, 2.45) is 5.73 Å². The van der Waals surface area contributed by atoms with Gasteiger partial charge in [-0.15, -0.1) is 0 Å².